The van der Waals surface area contributed by atoms with Crippen molar-refractivity contribution >= 4 is 23.2 Å². The molecule has 76 valence electrons. The highest BCUT2D eigenvalue weighted by molar-refractivity contribution is 6.26. The zero-order valence-corrected chi connectivity index (χ0v) is 9.99. The van der Waals surface area contributed by atoms with E-state index in [2.05, 4.69) is 0 Å². The minimum atomic E-state index is 0.267. The van der Waals surface area contributed by atoms with Gasteiger partial charge in [-0.2, -0.15) is 0 Å². The number of hydrogen-bond acceptors (Lipinski definition) is 1. The summed E-state index contributed by atoms with van der Waals surface area (Å²) in [6, 6.07) is 0. The van der Waals surface area contributed by atoms with Crippen molar-refractivity contribution in [1.82, 2.24) is 0 Å². The summed E-state index contributed by atoms with van der Waals surface area (Å²) in [7, 11) is 0. The molecule has 0 aliphatic rings. The van der Waals surface area contributed by atoms with Crippen LogP contribution in [0.1, 0.15) is 27.7 Å². The topological polar surface area (TPSA) is 9.23 Å². The van der Waals surface area contributed by atoms with Crippen LogP contribution in [0.25, 0.3) is 0 Å². The third kappa shape index (κ3) is 4.58. The van der Waals surface area contributed by atoms with Gasteiger partial charge in [0.2, 0.25) is 0 Å². The van der Waals surface area contributed by atoms with Crippen molar-refractivity contribution in [3.05, 3.63) is 22.6 Å². The molecule has 0 rings (SSSR count). The second kappa shape index (κ2) is 6.33. The van der Waals surface area contributed by atoms with E-state index in [0.717, 1.165) is 11.5 Å². The predicted octanol–water partition coefficient (Wildman–Crippen LogP) is 4.48. The van der Waals surface area contributed by atoms with Crippen LogP contribution >= 0.6 is 23.2 Å². The molecule has 0 fully saturated rings. The summed E-state index contributed by atoms with van der Waals surface area (Å²) in [5.74, 6) is 2.01. The molecule has 0 spiro atoms. The molecule has 0 bridgehead atoms. The SMILES string of the molecule is CC(C)C(=CCl)OC(=CCl)C(C)C. The van der Waals surface area contributed by atoms with Crippen molar-refractivity contribution < 1.29 is 4.74 Å². The monoisotopic (exact) mass is 222 g/mol. The van der Waals surface area contributed by atoms with Gasteiger partial charge in [-0.15, -0.1) is 0 Å². The summed E-state index contributed by atoms with van der Waals surface area (Å²) in [4.78, 5) is 0. The number of allylic oxidation sites excluding steroid dienone is 2. The normalized spacial score (nSPS) is 14.2. The molecule has 0 saturated heterocycles. The highest BCUT2D eigenvalue weighted by atomic mass is 35.5. The Balaban J connectivity index is 4.40. The average Bonchev–Trinajstić information content (AvgIpc) is 2.05. The Bertz CT molecular complexity index is 183. The molecule has 3 heteroatoms. The zero-order valence-electron chi connectivity index (χ0n) is 8.47. The van der Waals surface area contributed by atoms with Gasteiger partial charge >= 0.3 is 0 Å². The number of ether oxygens (including phenoxy) is 1. The summed E-state index contributed by atoms with van der Waals surface area (Å²) in [6.07, 6.45) is 0. The van der Waals surface area contributed by atoms with Crippen molar-refractivity contribution in [3.8, 4) is 0 Å². The first kappa shape index (κ1) is 12.9. The van der Waals surface area contributed by atoms with E-state index in [9.17, 15) is 0 Å². The first-order valence-corrected chi connectivity index (χ1v) is 5.18. The van der Waals surface area contributed by atoms with Crippen LogP contribution < -0.4 is 0 Å². The molecule has 0 aromatic heterocycles. The molecule has 1 nitrogen and oxygen atoms in total. The minimum absolute atomic E-state index is 0.267. The maximum Gasteiger partial charge on any atom is 0.117 e. The fourth-order valence-electron chi connectivity index (χ4n) is 0.668. The number of rotatable bonds is 4. The van der Waals surface area contributed by atoms with Crippen molar-refractivity contribution in [2.45, 2.75) is 27.7 Å². The molecule has 13 heavy (non-hydrogen) atoms. The van der Waals surface area contributed by atoms with E-state index < -0.39 is 0 Å². The fourth-order valence-corrected chi connectivity index (χ4v) is 1.26. The molecule has 0 amide bonds. The molecule has 0 unspecified atom stereocenters. The van der Waals surface area contributed by atoms with E-state index in [1.165, 1.54) is 11.1 Å². The number of halogens is 2. The fraction of sp³-hybridized carbons (Fsp3) is 0.600. The van der Waals surface area contributed by atoms with Gasteiger partial charge < -0.3 is 4.74 Å². The van der Waals surface area contributed by atoms with Gasteiger partial charge in [0, 0.05) is 22.9 Å². The molecular weight excluding hydrogens is 207 g/mol. The Morgan fingerprint density at radius 3 is 1.38 bits per heavy atom. The lowest BCUT2D eigenvalue weighted by atomic mass is 10.1. The lowest BCUT2D eigenvalue weighted by molar-refractivity contribution is 0.237. The largest absolute Gasteiger partial charge is 0.464 e. The Labute approximate surface area is 90.4 Å². The number of hydrogen-bond donors (Lipinski definition) is 0. The molecular formula is C10H16Cl2O. The zero-order chi connectivity index (χ0) is 10.4. The molecule has 0 aliphatic carbocycles. The first-order chi connectivity index (χ1) is 6.02. The van der Waals surface area contributed by atoms with E-state index >= 15 is 0 Å². The quantitative estimate of drug-likeness (QED) is 0.638. The molecule has 0 radical (unpaired) electrons. The summed E-state index contributed by atoms with van der Waals surface area (Å²) in [6.45, 7) is 8.06. The van der Waals surface area contributed by atoms with Crippen LogP contribution in [0.15, 0.2) is 22.6 Å². The van der Waals surface area contributed by atoms with Gasteiger partial charge in [0.15, 0.2) is 0 Å². The van der Waals surface area contributed by atoms with Crippen molar-refractivity contribution in [2.24, 2.45) is 11.8 Å². The van der Waals surface area contributed by atoms with E-state index in [1.54, 1.807) is 0 Å². The first-order valence-electron chi connectivity index (χ1n) is 4.31. The third-order valence-corrected chi connectivity index (χ3v) is 2.02. The summed E-state index contributed by atoms with van der Waals surface area (Å²) < 4.78 is 5.53. The van der Waals surface area contributed by atoms with E-state index in [0.29, 0.717) is 0 Å². The standard InChI is InChI=1S/C10H16Cl2O/c1-7(2)9(5-11)13-10(6-12)8(3)4/h5-8H,1-4H3. The van der Waals surface area contributed by atoms with Crippen molar-refractivity contribution in [3.63, 3.8) is 0 Å². The summed E-state index contributed by atoms with van der Waals surface area (Å²) in [5.41, 5.74) is 2.90. The van der Waals surface area contributed by atoms with Gasteiger partial charge in [0.1, 0.15) is 11.5 Å². The molecule has 0 heterocycles. The Kier molecular flexibility index (Phi) is 6.27. The van der Waals surface area contributed by atoms with Crippen LogP contribution in [0.2, 0.25) is 0 Å². The Hall–Kier alpha value is -0.140. The van der Waals surface area contributed by atoms with Crippen LogP contribution in [0.4, 0.5) is 0 Å². The van der Waals surface area contributed by atoms with Crippen LogP contribution in [-0.2, 0) is 4.74 Å². The van der Waals surface area contributed by atoms with Gasteiger partial charge in [-0.25, -0.2) is 0 Å². The maximum atomic E-state index is 5.61. The van der Waals surface area contributed by atoms with E-state index in [-0.39, 0.29) is 11.8 Å². The Morgan fingerprint density at radius 1 is 0.923 bits per heavy atom. The lowest BCUT2D eigenvalue weighted by Gasteiger charge is -2.16. The van der Waals surface area contributed by atoms with Gasteiger partial charge in [-0.05, 0) is 0 Å². The van der Waals surface area contributed by atoms with E-state index in [4.69, 9.17) is 27.9 Å². The maximum absolute atomic E-state index is 5.61. The third-order valence-electron chi connectivity index (χ3n) is 1.59. The summed E-state index contributed by atoms with van der Waals surface area (Å²) >= 11 is 11.2. The van der Waals surface area contributed by atoms with Crippen LogP contribution in [0.5, 0.6) is 0 Å². The van der Waals surface area contributed by atoms with Gasteiger partial charge in [-0.1, -0.05) is 50.9 Å². The molecule has 0 aliphatic heterocycles. The lowest BCUT2D eigenvalue weighted by Crippen LogP contribution is -2.03. The molecule has 0 atom stereocenters. The predicted molar refractivity (Wildman–Crippen MR) is 58.6 cm³/mol. The van der Waals surface area contributed by atoms with Crippen molar-refractivity contribution in [1.29, 1.82) is 0 Å². The highest BCUT2D eigenvalue weighted by Gasteiger charge is 2.10. The van der Waals surface area contributed by atoms with Crippen molar-refractivity contribution in [2.75, 3.05) is 0 Å². The second-order valence-electron chi connectivity index (χ2n) is 3.43. The van der Waals surface area contributed by atoms with Gasteiger partial charge in [0.05, 0.1) is 0 Å². The molecule has 0 N–H and O–H groups in total. The van der Waals surface area contributed by atoms with Crippen LogP contribution in [0, 0.1) is 11.8 Å². The summed E-state index contributed by atoms with van der Waals surface area (Å²) in [5, 5.41) is 0. The second-order valence-corrected chi connectivity index (χ2v) is 3.87. The molecule has 0 aromatic rings. The van der Waals surface area contributed by atoms with Crippen LogP contribution in [0.3, 0.4) is 0 Å². The molecule has 0 saturated carbocycles. The smallest absolute Gasteiger partial charge is 0.117 e. The van der Waals surface area contributed by atoms with E-state index in [1.807, 2.05) is 27.7 Å². The molecule has 0 aromatic carbocycles. The Morgan fingerprint density at radius 2 is 1.23 bits per heavy atom. The van der Waals surface area contributed by atoms with Gasteiger partial charge in [0.25, 0.3) is 0 Å². The van der Waals surface area contributed by atoms with Gasteiger partial charge in [-0.3, -0.25) is 0 Å². The van der Waals surface area contributed by atoms with Crippen LogP contribution in [-0.4, -0.2) is 0 Å². The minimum Gasteiger partial charge on any atom is -0.464 e. The highest BCUT2D eigenvalue weighted by Crippen LogP contribution is 2.21. The average molecular weight is 223 g/mol.